The minimum absolute atomic E-state index is 0.00298. The molecule has 1 fully saturated rings. The highest BCUT2D eigenvalue weighted by molar-refractivity contribution is 5.81. The van der Waals surface area contributed by atoms with Crippen LogP contribution in [0.5, 0.6) is 0 Å². The molecule has 2 aromatic heterocycles. The minimum atomic E-state index is -4.63. The molecule has 142 valence electrons. The zero-order chi connectivity index (χ0) is 19.2. The first kappa shape index (κ1) is 17.6. The fourth-order valence-electron chi connectivity index (χ4n) is 3.73. The predicted octanol–water partition coefficient (Wildman–Crippen LogP) is 4.01. The van der Waals surface area contributed by atoms with Crippen molar-refractivity contribution < 1.29 is 13.2 Å². The molecule has 1 N–H and O–H groups in total. The number of piperidine rings is 1. The van der Waals surface area contributed by atoms with Gasteiger partial charge in [-0.1, -0.05) is 30.3 Å². The molecule has 3 aromatic rings. The van der Waals surface area contributed by atoms with E-state index in [4.69, 9.17) is 0 Å². The van der Waals surface area contributed by atoms with Crippen molar-refractivity contribution in [3.8, 4) is 11.1 Å². The molecule has 0 radical (unpaired) electrons. The highest BCUT2D eigenvalue weighted by Crippen LogP contribution is 2.38. The summed E-state index contributed by atoms with van der Waals surface area (Å²) in [4.78, 5) is 19.4. The number of nitrogens with one attached hydrogen (secondary N) is 1. The van der Waals surface area contributed by atoms with Crippen LogP contribution in [0.25, 0.3) is 16.8 Å². The van der Waals surface area contributed by atoms with Crippen molar-refractivity contribution in [2.24, 2.45) is 0 Å². The Hall–Kier alpha value is -2.77. The largest absolute Gasteiger partial charge is 0.433 e. The number of rotatable bonds is 2. The standard InChI is InChI=1S/C19H19F3N4O/c1-12-15(25-10-6-3-7-11-25)18(27)26-17(23-12)14(13-8-4-2-5-9-13)16(24-26)19(20,21)22/h2,4-5,8-9,24H,3,6-7,10-11H2,1H3. The summed E-state index contributed by atoms with van der Waals surface area (Å²) in [5, 5.41) is 2.27. The van der Waals surface area contributed by atoms with Crippen LogP contribution >= 0.6 is 0 Å². The van der Waals surface area contributed by atoms with E-state index in [1.165, 1.54) is 0 Å². The number of benzene rings is 1. The molecule has 4 rings (SSSR count). The molecule has 3 heterocycles. The van der Waals surface area contributed by atoms with Crippen molar-refractivity contribution in [2.75, 3.05) is 18.0 Å². The van der Waals surface area contributed by atoms with Gasteiger partial charge in [-0.3, -0.25) is 9.89 Å². The molecule has 1 saturated heterocycles. The summed E-state index contributed by atoms with van der Waals surface area (Å²) in [6.45, 7) is 3.10. The molecule has 1 aliphatic heterocycles. The van der Waals surface area contributed by atoms with Gasteiger partial charge < -0.3 is 4.90 Å². The molecule has 0 bridgehead atoms. The van der Waals surface area contributed by atoms with E-state index in [1.54, 1.807) is 37.3 Å². The van der Waals surface area contributed by atoms with E-state index < -0.39 is 17.4 Å². The van der Waals surface area contributed by atoms with E-state index in [1.807, 2.05) is 4.90 Å². The first-order valence-corrected chi connectivity index (χ1v) is 8.91. The number of H-pyrrole nitrogens is 1. The molecular formula is C19H19F3N4O. The topological polar surface area (TPSA) is 53.4 Å². The Morgan fingerprint density at radius 1 is 1.07 bits per heavy atom. The normalized spacial score (nSPS) is 15.5. The van der Waals surface area contributed by atoms with E-state index in [0.29, 0.717) is 30.0 Å². The molecule has 1 aromatic carbocycles. The maximum absolute atomic E-state index is 13.7. The number of aryl methyl sites for hydroxylation is 1. The van der Waals surface area contributed by atoms with E-state index in [0.717, 1.165) is 23.8 Å². The molecule has 0 amide bonds. The highest BCUT2D eigenvalue weighted by Gasteiger charge is 2.38. The Balaban J connectivity index is 2.01. The summed E-state index contributed by atoms with van der Waals surface area (Å²) >= 11 is 0. The molecule has 0 spiro atoms. The first-order valence-electron chi connectivity index (χ1n) is 8.91. The Morgan fingerprint density at radius 2 is 1.74 bits per heavy atom. The number of hydrogen-bond donors (Lipinski definition) is 1. The van der Waals surface area contributed by atoms with Crippen molar-refractivity contribution in [2.45, 2.75) is 32.4 Å². The number of aromatic amines is 1. The number of halogens is 3. The van der Waals surface area contributed by atoms with Crippen molar-refractivity contribution in [3.05, 3.63) is 52.1 Å². The monoisotopic (exact) mass is 376 g/mol. The molecular weight excluding hydrogens is 357 g/mol. The Morgan fingerprint density at radius 3 is 2.37 bits per heavy atom. The van der Waals surface area contributed by atoms with E-state index in [2.05, 4.69) is 10.1 Å². The molecule has 27 heavy (non-hydrogen) atoms. The van der Waals surface area contributed by atoms with E-state index in [-0.39, 0.29) is 11.2 Å². The Kier molecular flexibility index (Phi) is 4.20. The minimum Gasteiger partial charge on any atom is -0.366 e. The lowest BCUT2D eigenvalue weighted by molar-refractivity contribution is -0.140. The Bertz CT molecular complexity index is 1030. The maximum Gasteiger partial charge on any atom is 0.433 e. The van der Waals surface area contributed by atoms with E-state index in [9.17, 15) is 18.0 Å². The van der Waals surface area contributed by atoms with Crippen LogP contribution in [0.2, 0.25) is 0 Å². The summed E-state index contributed by atoms with van der Waals surface area (Å²) in [5.74, 6) is 0. The van der Waals surface area contributed by atoms with Crippen LogP contribution < -0.4 is 10.5 Å². The second kappa shape index (κ2) is 6.44. The quantitative estimate of drug-likeness (QED) is 0.735. The number of nitrogens with zero attached hydrogens (tertiary/aromatic N) is 3. The van der Waals surface area contributed by atoms with Crippen molar-refractivity contribution >= 4 is 11.3 Å². The number of aromatic nitrogens is 3. The SMILES string of the molecule is Cc1nc2c(-c3ccccc3)c(C(F)(F)F)[nH]n2c(=O)c1N1CCCCC1. The van der Waals surface area contributed by atoms with Gasteiger partial charge in [-0.05, 0) is 31.7 Å². The molecule has 0 aliphatic carbocycles. The third kappa shape index (κ3) is 2.98. The zero-order valence-electron chi connectivity index (χ0n) is 14.8. The van der Waals surface area contributed by atoms with Crippen LogP contribution in [0.15, 0.2) is 35.1 Å². The molecule has 5 nitrogen and oxygen atoms in total. The van der Waals surface area contributed by atoms with Gasteiger partial charge in [0.1, 0.15) is 11.4 Å². The molecule has 8 heteroatoms. The van der Waals surface area contributed by atoms with Gasteiger partial charge in [0.05, 0.1) is 11.3 Å². The Labute approximate surface area is 153 Å². The smallest absolute Gasteiger partial charge is 0.366 e. The lowest BCUT2D eigenvalue weighted by Crippen LogP contribution is -2.36. The zero-order valence-corrected chi connectivity index (χ0v) is 14.8. The summed E-state index contributed by atoms with van der Waals surface area (Å²) in [6.07, 6.45) is -1.64. The molecule has 1 aliphatic rings. The van der Waals surface area contributed by atoms with Gasteiger partial charge >= 0.3 is 6.18 Å². The molecule has 0 unspecified atom stereocenters. The average Bonchev–Trinajstić information content (AvgIpc) is 3.03. The van der Waals surface area contributed by atoms with Crippen LogP contribution in [0, 0.1) is 6.92 Å². The fraction of sp³-hybridized carbons (Fsp3) is 0.368. The predicted molar refractivity (Wildman–Crippen MR) is 97.1 cm³/mol. The van der Waals surface area contributed by atoms with Crippen LogP contribution in [-0.2, 0) is 6.18 Å². The maximum atomic E-state index is 13.7. The number of hydrogen-bond acceptors (Lipinski definition) is 3. The van der Waals surface area contributed by atoms with Crippen molar-refractivity contribution in [1.82, 2.24) is 14.6 Å². The second-order valence-electron chi connectivity index (χ2n) is 6.78. The number of anilines is 1. The summed E-state index contributed by atoms with van der Waals surface area (Å²) in [7, 11) is 0. The summed E-state index contributed by atoms with van der Waals surface area (Å²) in [5.41, 5.74) is -0.375. The van der Waals surface area contributed by atoms with Crippen molar-refractivity contribution in [1.29, 1.82) is 0 Å². The van der Waals surface area contributed by atoms with Crippen LogP contribution in [0.3, 0.4) is 0 Å². The third-order valence-corrected chi connectivity index (χ3v) is 4.95. The van der Waals surface area contributed by atoms with Gasteiger partial charge in [-0.15, -0.1) is 0 Å². The van der Waals surface area contributed by atoms with Crippen LogP contribution in [-0.4, -0.2) is 27.7 Å². The van der Waals surface area contributed by atoms with Crippen molar-refractivity contribution in [3.63, 3.8) is 0 Å². The van der Waals surface area contributed by atoms with Crippen LogP contribution in [0.4, 0.5) is 18.9 Å². The van der Waals surface area contributed by atoms with Gasteiger partial charge in [0, 0.05) is 13.1 Å². The van der Waals surface area contributed by atoms with Crippen LogP contribution in [0.1, 0.15) is 30.7 Å². The first-order chi connectivity index (χ1) is 12.9. The number of fused-ring (bicyclic) bond motifs is 1. The lowest BCUT2D eigenvalue weighted by atomic mass is 10.1. The lowest BCUT2D eigenvalue weighted by Gasteiger charge is -2.28. The summed E-state index contributed by atoms with van der Waals surface area (Å²) in [6, 6.07) is 8.21. The van der Waals surface area contributed by atoms with Gasteiger partial charge in [0.25, 0.3) is 5.56 Å². The van der Waals surface area contributed by atoms with E-state index >= 15 is 0 Å². The second-order valence-corrected chi connectivity index (χ2v) is 6.78. The summed E-state index contributed by atoms with van der Waals surface area (Å²) < 4.78 is 42.0. The van der Waals surface area contributed by atoms with Gasteiger partial charge in [0.2, 0.25) is 0 Å². The molecule has 0 atom stereocenters. The average molecular weight is 376 g/mol. The van der Waals surface area contributed by atoms with Gasteiger partial charge in [-0.25, -0.2) is 4.98 Å². The third-order valence-electron chi connectivity index (χ3n) is 4.95. The highest BCUT2D eigenvalue weighted by atomic mass is 19.4. The number of alkyl halides is 3. The van der Waals surface area contributed by atoms with Gasteiger partial charge in [0.15, 0.2) is 5.65 Å². The fourth-order valence-corrected chi connectivity index (χ4v) is 3.73. The van der Waals surface area contributed by atoms with Gasteiger partial charge in [-0.2, -0.15) is 17.7 Å². The molecule has 0 saturated carbocycles.